The average Bonchev–Trinajstić information content (AvgIpc) is 2.73. The lowest BCUT2D eigenvalue weighted by Crippen LogP contribution is -2.37. The van der Waals surface area contributed by atoms with Crippen LogP contribution in [0.3, 0.4) is 0 Å². The minimum absolute atomic E-state index is 0.121. The van der Waals surface area contributed by atoms with E-state index in [0.717, 1.165) is 11.6 Å². The minimum Gasteiger partial charge on any atom is -0.308 e. The molecule has 1 unspecified atom stereocenters. The van der Waals surface area contributed by atoms with Crippen LogP contribution in [-0.4, -0.2) is 59.2 Å². The Kier molecular flexibility index (Phi) is 4.27. The summed E-state index contributed by atoms with van der Waals surface area (Å²) >= 11 is 4.53. The second kappa shape index (κ2) is 5.60. The van der Waals surface area contributed by atoms with E-state index in [-0.39, 0.29) is 23.0 Å². The molecule has 0 fully saturated rings. The Morgan fingerprint density at radius 1 is 1.42 bits per heavy atom. The number of carbonyl (C=O) groups excluding carboxylic acids is 2. The molecule has 1 heterocycles. The molecule has 1 aliphatic carbocycles. The average molecular weight is 344 g/mol. The fraction of sp³-hybridized carbons (Fsp3) is 0.500. The van der Waals surface area contributed by atoms with E-state index < -0.39 is 4.83 Å². The first-order valence-electron chi connectivity index (χ1n) is 5.81. The van der Waals surface area contributed by atoms with Gasteiger partial charge in [0.25, 0.3) is 0 Å². The number of Topliss-reactive ketones (excluding diaryl/α,β-unsaturated/α-hetero) is 2. The third-order valence-corrected chi connectivity index (χ3v) is 4.54. The number of likely N-dealkylation sites (N-methyl/N-ethyl adjacent to an activating group) is 1. The van der Waals surface area contributed by atoms with Crippen LogP contribution in [0.1, 0.15) is 25.2 Å². The Bertz CT molecular complexity index is 565. The number of hydrogen-bond acceptors (Lipinski definition) is 6. The molecule has 19 heavy (non-hydrogen) atoms. The number of fused-ring (bicyclic) bond motifs is 1. The van der Waals surface area contributed by atoms with Gasteiger partial charge >= 0.3 is 0 Å². The number of hydrogen-bond donors (Lipinski definition) is 0. The van der Waals surface area contributed by atoms with Gasteiger partial charge in [0.2, 0.25) is 5.78 Å². The van der Waals surface area contributed by atoms with Crippen molar-refractivity contribution in [2.75, 3.05) is 27.2 Å². The summed E-state index contributed by atoms with van der Waals surface area (Å²) < 4.78 is 0. The first-order chi connectivity index (χ1) is 8.91. The third kappa shape index (κ3) is 2.82. The highest BCUT2D eigenvalue weighted by atomic mass is 79.9. The second-order valence-electron chi connectivity index (χ2n) is 4.54. The summed E-state index contributed by atoms with van der Waals surface area (Å²) in [5.74, 6) is -0.358. The van der Waals surface area contributed by atoms with Gasteiger partial charge in [-0.15, -0.1) is 11.3 Å². The fourth-order valence-electron chi connectivity index (χ4n) is 1.75. The van der Waals surface area contributed by atoms with Crippen molar-refractivity contribution in [1.29, 1.82) is 0 Å². The molecule has 5 nitrogen and oxygen atoms in total. The Morgan fingerprint density at radius 2 is 2.11 bits per heavy atom. The second-order valence-corrected chi connectivity index (χ2v) is 6.66. The van der Waals surface area contributed by atoms with Crippen LogP contribution < -0.4 is 0 Å². The maximum absolute atomic E-state index is 12.3. The van der Waals surface area contributed by atoms with Gasteiger partial charge in [0.05, 0.1) is 11.6 Å². The third-order valence-electron chi connectivity index (χ3n) is 2.71. The molecule has 1 aliphatic rings. The number of alkyl halides is 1. The summed E-state index contributed by atoms with van der Waals surface area (Å²) in [5.41, 5.74) is 0.524. The molecule has 0 saturated carbocycles. The number of carbonyl (C=O) groups is 2. The Morgan fingerprint density at radius 3 is 2.74 bits per heavy atom. The first-order valence-corrected chi connectivity index (χ1v) is 7.54. The largest absolute Gasteiger partial charge is 0.308 e. The number of halogens is 1. The predicted molar refractivity (Wildman–Crippen MR) is 79.1 cm³/mol. The van der Waals surface area contributed by atoms with E-state index in [1.54, 1.807) is 6.92 Å². The zero-order valence-electron chi connectivity index (χ0n) is 10.9. The topological polar surface area (TPSA) is 62.6 Å². The molecule has 102 valence electrons. The van der Waals surface area contributed by atoms with Crippen LogP contribution in [0.5, 0.6) is 0 Å². The van der Waals surface area contributed by atoms with Crippen LogP contribution in [0.25, 0.3) is 0 Å². The van der Waals surface area contributed by atoms with Gasteiger partial charge in [0.1, 0.15) is 21.1 Å². The fourth-order valence-corrected chi connectivity index (χ4v) is 3.36. The van der Waals surface area contributed by atoms with Gasteiger partial charge in [-0.05, 0) is 21.0 Å². The number of aromatic nitrogens is 1. The van der Waals surface area contributed by atoms with E-state index in [9.17, 15) is 9.59 Å². The lowest BCUT2D eigenvalue weighted by molar-refractivity contribution is 0.0972. The number of aryl methyl sites for hydroxylation is 1. The summed E-state index contributed by atoms with van der Waals surface area (Å²) in [4.78, 5) is 34.6. The van der Waals surface area contributed by atoms with E-state index in [1.807, 2.05) is 19.0 Å². The molecular formula is C12H14BrN3O2S. The van der Waals surface area contributed by atoms with Crippen LogP contribution in [0.15, 0.2) is 4.99 Å². The van der Waals surface area contributed by atoms with Gasteiger partial charge in [-0.1, -0.05) is 15.9 Å². The van der Waals surface area contributed by atoms with Crippen LogP contribution in [0.2, 0.25) is 0 Å². The molecule has 1 atom stereocenters. The van der Waals surface area contributed by atoms with Gasteiger partial charge in [-0.25, -0.2) is 4.98 Å². The molecule has 0 aromatic carbocycles. The summed E-state index contributed by atoms with van der Waals surface area (Å²) in [6.45, 7) is 3.01. The monoisotopic (exact) mass is 343 g/mol. The van der Waals surface area contributed by atoms with Crippen molar-refractivity contribution in [1.82, 2.24) is 9.88 Å². The molecule has 7 heteroatoms. The van der Waals surface area contributed by atoms with E-state index in [0.29, 0.717) is 11.4 Å². The molecule has 0 bridgehead atoms. The summed E-state index contributed by atoms with van der Waals surface area (Å²) in [6.07, 6.45) is 0. The molecule has 0 N–H and O–H groups in total. The van der Waals surface area contributed by atoms with Gasteiger partial charge < -0.3 is 4.90 Å². The molecule has 0 amide bonds. The Hall–Kier alpha value is -0.920. The van der Waals surface area contributed by atoms with Crippen molar-refractivity contribution in [3.63, 3.8) is 0 Å². The van der Waals surface area contributed by atoms with Crippen LogP contribution in [0.4, 0.5) is 0 Å². The summed E-state index contributed by atoms with van der Waals surface area (Å²) in [7, 11) is 3.86. The van der Waals surface area contributed by atoms with Gasteiger partial charge in [0.15, 0.2) is 5.78 Å². The van der Waals surface area contributed by atoms with E-state index >= 15 is 0 Å². The standard InChI is InChI=1S/C12H14BrN3O2S/c1-6-15-9-11(18)8(14-4-5-16(2)3)7(13)10(17)12(9)19-6/h7H,4-5H2,1-3H3. The maximum Gasteiger partial charge on any atom is 0.228 e. The first kappa shape index (κ1) is 14.5. The molecule has 0 aliphatic heterocycles. The Labute approximate surface area is 123 Å². The molecule has 0 radical (unpaired) electrons. The molecule has 0 saturated heterocycles. The number of ketones is 2. The predicted octanol–water partition coefficient (Wildman–Crippen LogP) is 1.60. The smallest absolute Gasteiger partial charge is 0.228 e. The van der Waals surface area contributed by atoms with E-state index in [2.05, 4.69) is 25.9 Å². The summed E-state index contributed by atoms with van der Waals surface area (Å²) in [6, 6.07) is 0. The van der Waals surface area contributed by atoms with E-state index in [1.165, 1.54) is 11.3 Å². The lowest BCUT2D eigenvalue weighted by Gasteiger charge is -2.16. The zero-order valence-corrected chi connectivity index (χ0v) is 13.3. The lowest BCUT2D eigenvalue weighted by atomic mass is 9.98. The van der Waals surface area contributed by atoms with Crippen molar-refractivity contribution >= 4 is 44.5 Å². The normalized spacial score (nSPS) is 21.3. The number of nitrogens with zero attached hydrogens (tertiary/aromatic N) is 3. The van der Waals surface area contributed by atoms with Crippen LogP contribution in [-0.2, 0) is 0 Å². The molecular weight excluding hydrogens is 330 g/mol. The zero-order chi connectivity index (χ0) is 14.2. The molecule has 1 aromatic heterocycles. The maximum atomic E-state index is 12.3. The highest BCUT2D eigenvalue weighted by molar-refractivity contribution is 9.10. The number of aliphatic imine (C=N–C) groups is 1. The van der Waals surface area contributed by atoms with Gasteiger partial charge in [-0.2, -0.15) is 0 Å². The van der Waals surface area contributed by atoms with E-state index in [4.69, 9.17) is 0 Å². The van der Waals surface area contributed by atoms with Gasteiger partial charge in [0, 0.05) is 6.54 Å². The molecule has 2 rings (SSSR count). The number of rotatable bonds is 3. The number of thiazole rings is 1. The highest BCUT2D eigenvalue weighted by Crippen LogP contribution is 2.28. The Balaban J connectivity index is 2.33. The molecule has 1 aromatic rings. The van der Waals surface area contributed by atoms with Crippen molar-refractivity contribution < 1.29 is 9.59 Å². The minimum atomic E-state index is -0.644. The van der Waals surface area contributed by atoms with Crippen molar-refractivity contribution in [3.8, 4) is 0 Å². The SMILES string of the molecule is Cc1nc2c(s1)C(=O)C(Br)C(=NCCN(C)C)C2=O. The van der Waals surface area contributed by atoms with Crippen molar-refractivity contribution in [3.05, 3.63) is 15.6 Å². The van der Waals surface area contributed by atoms with Crippen molar-refractivity contribution in [2.24, 2.45) is 4.99 Å². The van der Waals surface area contributed by atoms with Gasteiger partial charge in [-0.3, -0.25) is 14.6 Å². The van der Waals surface area contributed by atoms with Crippen molar-refractivity contribution in [2.45, 2.75) is 11.8 Å². The van der Waals surface area contributed by atoms with Crippen LogP contribution in [0, 0.1) is 6.92 Å². The highest BCUT2D eigenvalue weighted by Gasteiger charge is 2.39. The summed E-state index contributed by atoms with van der Waals surface area (Å²) in [5, 5.41) is 0.723. The quantitative estimate of drug-likeness (QED) is 0.782. The molecule has 0 spiro atoms. The van der Waals surface area contributed by atoms with Crippen LogP contribution >= 0.6 is 27.3 Å².